The van der Waals surface area contributed by atoms with Gasteiger partial charge in [0, 0.05) is 43.3 Å². The monoisotopic (exact) mass is 558 g/mol. The molecule has 1 aromatic carbocycles. The van der Waals surface area contributed by atoms with E-state index in [1.165, 1.54) is 6.07 Å². The molecular weight excluding hydrogens is 523 g/mol. The van der Waals surface area contributed by atoms with Crippen LogP contribution in [0.4, 0.5) is 10.3 Å². The molecule has 7 nitrogen and oxygen atoms in total. The molecule has 0 amide bonds. The third kappa shape index (κ3) is 6.69. The molecule has 2 aromatic heterocycles. The average Bonchev–Trinajstić information content (AvgIpc) is 2.87. The minimum Gasteiger partial charge on any atom is -0.414 e. The van der Waals surface area contributed by atoms with Crippen molar-refractivity contribution in [1.82, 2.24) is 14.5 Å². The van der Waals surface area contributed by atoms with E-state index >= 15 is 0 Å². The Labute approximate surface area is 229 Å². The van der Waals surface area contributed by atoms with Gasteiger partial charge in [0.25, 0.3) is 5.56 Å². The molecule has 1 aliphatic heterocycles. The van der Waals surface area contributed by atoms with E-state index in [0.29, 0.717) is 22.8 Å². The standard InChI is InChI=1S/C28H36ClFN4O3Si/c1-28(2,3)38(4,5)37-18-25(20-6-7-23(30)22(29)16-20)34-13-9-19(17-26(34)35)24-8-12-31-27(33-24)32-21-10-14-36-15-11-21/h6-9,12-13,16-17,21,25H,10-11,14-15,18H2,1-5H3,(H,31,32,33)/t25-/m1/s1. The van der Waals surface area contributed by atoms with Crippen LogP contribution in [-0.2, 0) is 9.16 Å². The van der Waals surface area contributed by atoms with Gasteiger partial charge in [-0.2, -0.15) is 0 Å². The van der Waals surface area contributed by atoms with Crippen LogP contribution in [0.5, 0.6) is 0 Å². The molecule has 0 bridgehead atoms. The number of halogens is 2. The number of benzene rings is 1. The first-order valence-electron chi connectivity index (χ1n) is 12.9. The zero-order valence-electron chi connectivity index (χ0n) is 22.6. The zero-order valence-corrected chi connectivity index (χ0v) is 24.4. The van der Waals surface area contributed by atoms with Crippen molar-refractivity contribution in [3.63, 3.8) is 0 Å². The molecule has 3 aromatic rings. The van der Waals surface area contributed by atoms with Crippen molar-refractivity contribution >= 4 is 25.9 Å². The molecule has 1 atom stereocenters. The lowest BCUT2D eigenvalue weighted by molar-refractivity contribution is 0.0903. The first kappa shape index (κ1) is 28.4. The predicted molar refractivity (Wildman–Crippen MR) is 152 cm³/mol. The van der Waals surface area contributed by atoms with E-state index in [9.17, 15) is 9.18 Å². The number of anilines is 1. The Morgan fingerprint density at radius 3 is 2.61 bits per heavy atom. The highest BCUT2D eigenvalue weighted by Crippen LogP contribution is 2.37. The Hall–Kier alpha value is -2.59. The Kier molecular flexibility index (Phi) is 8.71. The lowest BCUT2D eigenvalue weighted by Crippen LogP contribution is -2.43. The summed E-state index contributed by atoms with van der Waals surface area (Å²) in [6.45, 7) is 12.5. The summed E-state index contributed by atoms with van der Waals surface area (Å²) in [6.07, 6.45) is 5.22. The van der Waals surface area contributed by atoms with E-state index in [-0.39, 0.29) is 28.3 Å². The largest absolute Gasteiger partial charge is 0.414 e. The lowest BCUT2D eigenvalue weighted by atomic mass is 10.1. The number of rotatable bonds is 8. The second-order valence-corrected chi connectivity index (χ2v) is 16.4. The van der Waals surface area contributed by atoms with Crippen LogP contribution in [0.2, 0.25) is 23.2 Å². The molecule has 38 heavy (non-hydrogen) atoms. The van der Waals surface area contributed by atoms with Crippen molar-refractivity contribution in [3.05, 3.63) is 75.5 Å². The maximum Gasteiger partial charge on any atom is 0.251 e. The Bertz CT molecular complexity index is 1320. The van der Waals surface area contributed by atoms with E-state index in [2.05, 4.69) is 49.1 Å². The number of ether oxygens (including phenoxy) is 1. The summed E-state index contributed by atoms with van der Waals surface area (Å²) < 4.78 is 27.5. The van der Waals surface area contributed by atoms with Crippen molar-refractivity contribution in [2.75, 3.05) is 25.1 Å². The first-order chi connectivity index (χ1) is 17.9. The van der Waals surface area contributed by atoms with Crippen LogP contribution < -0.4 is 10.9 Å². The number of pyridine rings is 1. The van der Waals surface area contributed by atoms with Crippen LogP contribution in [0, 0.1) is 5.82 Å². The lowest BCUT2D eigenvalue weighted by Gasteiger charge is -2.37. The topological polar surface area (TPSA) is 78.3 Å². The summed E-state index contributed by atoms with van der Waals surface area (Å²) in [6, 6.07) is 9.53. The van der Waals surface area contributed by atoms with E-state index in [1.54, 1.807) is 41.2 Å². The predicted octanol–water partition coefficient (Wildman–Crippen LogP) is 6.30. The van der Waals surface area contributed by atoms with E-state index in [4.69, 9.17) is 20.8 Å². The molecule has 0 unspecified atom stereocenters. The molecule has 0 radical (unpaired) electrons. The van der Waals surface area contributed by atoms with Crippen molar-refractivity contribution in [2.24, 2.45) is 0 Å². The molecule has 0 spiro atoms. The van der Waals surface area contributed by atoms with Crippen LogP contribution >= 0.6 is 11.6 Å². The minimum absolute atomic E-state index is 0.00375. The van der Waals surface area contributed by atoms with Gasteiger partial charge in [0.2, 0.25) is 5.95 Å². The smallest absolute Gasteiger partial charge is 0.251 e. The molecular formula is C28H36ClFN4O3Si. The van der Waals surface area contributed by atoms with Crippen molar-refractivity contribution in [3.8, 4) is 11.3 Å². The minimum atomic E-state index is -2.12. The second-order valence-electron chi connectivity index (χ2n) is 11.2. The maximum absolute atomic E-state index is 13.9. The molecule has 204 valence electrons. The Morgan fingerprint density at radius 2 is 1.95 bits per heavy atom. The number of hydrogen-bond acceptors (Lipinski definition) is 6. The highest BCUT2D eigenvalue weighted by Gasteiger charge is 2.38. The fourth-order valence-corrected chi connectivity index (χ4v) is 5.28. The Balaban J connectivity index is 1.63. The highest BCUT2D eigenvalue weighted by atomic mass is 35.5. The second kappa shape index (κ2) is 11.7. The van der Waals surface area contributed by atoms with Crippen LogP contribution in [0.25, 0.3) is 11.3 Å². The summed E-state index contributed by atoms with van der Waals surface area (Å²) in [5.41, 5.74) is 1.82. The van der Waals surface area contributed by atoms with Gasteiger partial charge < -0.3 is 19.0 Å². The normalized spacial score (nSPS) is 15.9. The molecule has 1 saturated heterocycles. The Morgan fingerprint density at radius 1 is 1.21 bits per heavy atom. The molecule has 4 rings (SSSR count). The van der Waals surface area contributed by atoms with Crippen molar-refractivity contribution in [1.29, 1.82) is 0 Å². The summed E-state index contributed by atoms with van der Waals surface area (Å²) >= 11 is 6.12. The molecule has 1 fully saturated rings. The number of nitrogens with one attached hydrogen (secondary N) is 1. The molecule has 10 heteroatoms. The molecule has 1 aliphatic rings. The summed E-state index contributed by atoms with van der Waals surface area (Å²) in [5, 5.41) is 3.37. The first-order valence-corrected chi connectivity index (χ1v) is 16.2. The van der Waals surface area contributed by atoms with E-state index < -0.39 is 20.2 Å². The molecule has 0 aliphatic carbocycles. The number of nitrogens with zero attached hydrogens (tertiary/aromatic N) is 3. The average molecular weight is 559 g/mol. The van der Waals surface area contributed by atoms with Gasteiger partial charge in [-0.15, -0.1) is 0 Å². The zero-order chi connectivity index (χ0) is 27.5. The van der Waals surface area contributed by atoms with E-state index in [1.807, 2.05) is 6.07 Å². The fourth-order valence-electron chi connectivity index (χ4n) is 4.08. The van der Waals surface area contributed by atoms with Crippen molar-refractivity contribution in [2.45, 2.75) is 63.8 Å². The fraction of sp³-hybridized carbons (Fsp3) is 0.464. The quantitative estimate of drug-likeness (QED) is 0.327. The van der Waals surface area contributed by atoms with Gasteiger partial charge in [-0.3, -0.25) is 4.79 Å². The van der Waals surface area contributed by atoms with Gasteiger partial charge in [0.05, 0.1) is 23.4 Å². The van der Waals surface area contributed by atoms with Crippen LogP contribution in [0.15, 0.2) is 53.6 Å². The number of aromatic nitrogens is 3. The third-order valence-corrected chi connectivity index (χ3v) is 12.3. The highest BCUT2D eigenvalue weighted by molar-refractivity contribution is 6.74. The third-order valence-electron chi connectivity index (χ3n) is 7.53. The van der Waals surface area contributed by atoms with Crippen molar-refractivity contribution < 1.29 is 13.6 Å². The maximum atomic E-state index is 13.9. The molecule has 3 heterocycles. The summed E-state index contributed by atoms with van der Waals surface area (Å²) in [5.74, 6) is 0.0243. The van der Waals surface area contributed by atoms with Gasteiger partial charge >= 0.3 is 0 Å². The number of hydrogen-bond donors (Lipinski definition) is 1. The van der Waals surface area contributed by atoms with Gasteiger partial charge in [-0.05, 0) is 60.8 Å². The van der Waals surface area contributed by atoms with Gasteiger partial charge in [-0.25, -0.2) is 14.4 Å². The van der Waals surface area contributed by atoms with Gasteiger partial charge in [-0.1, -0.05) is 38.4 Å². The summed E-state index contributed by atoms with van der Waals surface area (Å²) in [7, 11) is -2.12. The summed E-state index contributed by atoms with van der Waals surface area (Å²) in [4.78, 5) is 22.4. The van der Waals surface area contributed by atoms with Crippen LogP contribution in [-0.4, -0.2) is 48.7 Å². The SMILES string of the molecule is CC(C)(C)[Si](C)(C)OC[C@H](c1ccc(F)c(Cl)c1)n1ccc(-c2ccnc(NC3CCOCC3)n2)cc1=O. The van der Waals surface area contributed by atoms with Crippen LogP contribution in [0.3, 0.4) is 0 Å². The molecule has 1 N–H and O–H groups in total. The molecule has 0 saturated carbocycles. The van der Waals surface area contributed by atoms with Crippen LogP contribution in [0.1, 0.15) is 45.2 Å². The van der Waals surface area contributed by atoms with E-state index in [0.717, 1.165) is 26.1 Å². The van der Waals surface area contributed by atoms with Gasteiger partial charge in [0.15, 0.2) is 8.32 Å². The van der Waals surface area contributed by atoms with Gasteiger partial charge in [0.1, 0.15) is 5.82 Å².